The average Bonchev–Trinajstić information content (AvgIpc) is 3.43. The van der Waals surface area contributed by atoms with Crippen LogP contribution in [0.1, 0.15) is 27.9 Å². The summed E-state index contributed by atoms with van der Waals surface area (Å²) >= 11 is 2.77. The molecule has 1 aromatic carbocycles. The number of hydrogen-bond donors (Lipinski definition) is 2. The van der Waals surface area contributed by atoms with Crippen LogP contribution in [-0.4, -0.2) is 29.4 Å². The summed E-state index contributed by atoms with van der Waals surface area (Å²) in [5.41, 5.74) is 1.22. The maximum atomic E-state index is 12.5. The number of nitrogens with one attached hydrogen (secondary N) is 2. The minimum absolute atomic E-state index is 0.00306. The van der Waals surface area contributed by atoms with Gasteiger partial charge in [0.15, 0.2) is 22.4 Å². The Kier molecular flexibility index (Phi) is 5.77. The van der Waals surface area contributed by atoms with Crippen molar-refractivity contribution in [3.63, 3.8) is 0 Å². The van der Waals surface area contributed by atoms with Crippen LogP contribution >= 0.6 is 22.7 Å². The molecule has 0 unspecified atom stereocenters. The van der Waals surface area contributed by atoms with Gasteiger partial charge in [0.1, 0.15) is 0 Å². The standard InChI is InChI=1S/C20H17N3O5S2/c1-11(24)14-7-16-17(28-10-27-16)8-15(14)22-18(25)5-12-9-30-20(21-12)23-19(26)6-13-3-2-4-29-13/h2-4,7-9H,5-6,10H2,1H3,(H,22,25)(H,21,23,26). The SMILES string of the molecule is CC(=O)c1cc2c(cc1NC(=O)Cc1csc(NC(=O)Cc3cccs3)n1)OCO2. The molecule has 3 aromatic rings. The molecule has 1 aliphatic rings. The van der Waals surface area contributed by atoms with Crippen LogP contribution in [0.15, 0.2) is 35.0 Å². The Bertz CT molecular complexity index is 1110. The molecule has 2 aromatic heterocycles. The summed E-state index contributed by atoms with van der Waals surface area (Å²) in [6, 6.07) is 6.93. The first-order valence-electron chi connectivity index (χ1n) is 8.99. The lowest BCUT2D eigenvalue weighted by Gasteiger charge is -2.10. The van der Waals surface area contributed by atoms with Crippen molar-refractivity contribution in [1.29, 1.82) is 0 Å². The highest BCUT2D eigenvalue weighted by molar-refractivity contribution is 7.14. The van der Waals surface area contributed by atoms with Gasteiger partial charge in [0, 0.05) is 21.9 Å². The number of aromatic nitrogens is 1. The maximum Gasteiger partial charge on any atom is 0.231 e. The van der Waals surface area contributed by atoms with Crippen molar-refractivity contribution in [3.8, 4) is 11.5 Å². The van der Waals surface area contributed by atoms with Gasteiger partial charge in [0.25, 0.3) is 0 Å². The molecule has 2 amide bonds. The fraction of sp³-hybridized carbons (Fsp3) is 0.200. The Morgan fingerprint density at radius 3 is 2.57 bits per heavy atom. The molecule has 0 bridgehead atoms. The van der Waals surface area contributed by atoms with Gasteiger partial charge in [0.2, 0.25) is 18.6 Å². The van der Waals surface area contributed by atoms with Crippen LogP contribution in [0, 0.1) is 0 Å². The van der Waals surface area contributed by atoms with E-state index in [4.69, 9.17) is 9.47 Å². The number of anilines is 2. The van der Waals surface area contributed by atoms with E-state index in [1.54, 1.807) is 17.5 Å². The molecule has 4 rings (SSSR count). The van der Waals surface area contributed by atoms with Crippen LogP contribution in [0.5, 0.6) is 11.5 Å². The fourth-order valence-electron chi connectivity index (χ4n) is 2.88. The molecule has 2 N–H and O–H groups in total. The summed E-state index contributed by atoms with van der Waals surface area (Å²) in [5.74, 6) is 0.251. The number of ketones is 1. The number of hydrogen-bond acceptors (Lipinski definition) is 8. The Hall–Kier alpha value is -3.24. The number of fused-ring (bicyclic) bond motifs is 1. The highest BCUT2D eigenvalue weighted by Gasteiger charge is 2.21. The van der Waals surface area contributed by atoms with Gasteiger partial charge >= 0.3 is 0 Å². The molecular weight excluding hydrogens is 426 g/mol. The number of amides is 2. The van der Waals surface area contributed by atoms with Gasteiger partial charge in [0.05, 0.1) is 24.2 Å². The van der Waals surface area contributed by atoms with E-state index in [9.17, 15) is 14.4 Å². The lowest BCUT2D eigenvalue weighted by Crippen LogP contribution is -2.17. The van der Waals surface area contributed by atoms with Gasteiger partial charge in [-0.1, -0.05) is 6.07 Å². The molecule has 10 heteroatoms. The fourth-order valence-corrected chi connectivity index (χ4v) is 4.31. The van der Waals surface area contributed by atoms with Crippen LogP contribution < -0.4 is 20.1 Å². The van der Waals surface area contributed by atoms with E-state index in [2.05, 4.69) is 15.6 Å². The normalized spacial score (nSPS) is 11.9. The second kappa shape index (κ2) is 8.64. The van der Waals surface area contributed by atoms with Crippen molar-refractivity contribution < 1.29 is 23.9 Å². The van der Waals surface area contributed by atoms with Gasteiger partial charge in [-0.15, -0.1) is 22.7 Å². The number of Topliss-reactive ketones (excluding diaryl/α,β-unsaturated/α-hetero) is 1. The van der Waals surface area contributed by atoms with Crippen molar-refractivity contribution >= 4 is 51.1 Å². The lowest BCUT2D eigenvalue weighted by atomic mass is 10.1. The minimum atomic E-state index is -0.335. The lowest BCUT2D eigenvalue weighted by molar-refractivity contribution is -0.116. The summed E-state index contributed by atoms with van der Waals surface area (Å²) in [7, 11) is 0. The van der Waals surface area contributed by atoms with E-state index in [1.807, 2.05) is 17.5 Å². The number of ether oxygens (including phenoxy) is 2. The zero-order valence-corrected chi connectivity index (χ0v) is 17.5. The molecule has 0 saturated carbocycles. The molecule has 0 spiro atoms. The first kappa shape index (κ1) is 20.0. The molecule has 8 nitrogen and oxygen atoms in total. The predicted molar refractivity (Wildman–Crippen MR) is 114 cm³/mol. The summed E-state index contributed by atoms with van der Waals surface area (Å²) in [5, 5.41) is 9.55. The van der Waals surface area contributed by atoms with Crippen LogP contribution in [-0.2, 0) is 22.4 Å². The number of benzene rings is 1. The highest BCUT2D eigenvalue weighted by Crippen LogP contribution is 2.37. The second-order valence-electron chi connectivity index (χ2n) is 6.48. The average molecular weight is 444 g/mol. The number of carbonyl (C=O) groups is 3. The first-order valence-corrected chi connectivity index (χ1v) is 10.7. The zero-order valence-electron chi connectivity index (χ0n) is 15.9. The molecule has 3 heterocycles. The van der Waals surface area contributed by atoms with Crippen LogP contribution in [0.4, 0.5) is 10.8 Å². The van der Waals surface area contributed by atoms with Crippen molar-refractivity contribution in [2.24, 2.45) is 0 Å². The highest BCUT2D eigenvalue weighted by atomic mass is 32.1. The maximum absolute atomic E-state index is 12.5. The minimum Gasteiger partial charge on any atom is -0.454 e. The molecule has 154 valence electrons. The summed E-state index contributed by atoms with van der Waals surface area (Å²) < 4.78 is 10.6. The van der Waals surface area contributed by atoms with Gasteiger partial charge in [-0.2, -0.15) is 0 Å². The van der Waals surface area contributed by atoms with Gasteiger partial charge < -0.3 is 20.1 Å². The van der Waals surface area contributed by atoms with Crippen molar-refractivity contribution in [2.45, 2.75) is 19.8 Å². The van der Waals surface area contributed by atoms with E-state index in [-0.39, 0.29) is 37.2 Å². The number of thiophene rings is 1. The zero-order chi connectivity index (χ0) is 21.1. The van der Waals surface area contributed by atoms with E-state index in [1.165, 1.54) is 29.6 Å². The molecule has 30 heavy (non-hydrogen) atoms. The van der Waals surface area contributed by atoms with Crippen LogP contribution in [0.2, 0.25) is 0 Å². The summed E-state index contributed by atoms with van der Waals surface area (Å²) in [6.45, 7) is 1.49. The molecular formula is C20H17N3O5S2. The Morgan fingerprint density at radius 1 is 1.07 bits per heavy atom. The topological polar surface area (TPSA) is 107 Å². The van der Waals surface area contributed by atoms with E-state index < -0.39 is 0 Å². The van der Waals surface area contributed by atoms with Crippen LogP contribution in [0.3, 0.4) is 0 Å². The largest absolute Gasteiger partial charge is 0.454 e. The molecule has 0 fully saturated rings. The number of nitrogens with zero attached hydrogens (tertiary/aromatic N) is 1. The monoisotopic (exact) mass is 443 g/mol. The number of thiazole rings is 1. The molecule has 1 aliphatic heterocycles. The van der Waals surface area contributed by atoms with Crippen molar-refractivity contribution in [3.05, 3.63) is 51.2 Å². The van der Waals surface area contributed by atoms with Crippen molar-refractivity contribution in [2.75, 3.05) is 17.4 Å². The third-order valence-corrected chi connectivity index (χ3v) is 5.90. The first-order chi connectivity index (χ1) is 14.5. The number of rotatable bonds is 7. The second-order valence-corrected chi connectivity index (χ2v) is 8.37. The smallest absolute Gasteiger partial charge is 0.231 e. The van der Waals surface area contributed by atoms with E-state index in [0.717, 1.165) is 4.88 Å². The van der Waals surface area contributed by atoms with E-state index in [0.29, 0.717) is 33.6 Å². The van der Waals surface area contributed by atoms with Gasteiger partial charge in [-0.3, -0.25) is 14.4 Å². The third kappa shape index (κ3) is 4.66. The number of carbonyl (C=O) groups excluding carboxylic acids is 3. The molecule has 0 atom stereocenters. The Morgan fingerprint density at radius 2 is 1.83 bits per heavy atom. The van der Waals surface area contributed by atoms with Gasteiger partial charge in [-0.25, -0.2) is 4.98 Å². The molecule has 0 saturated heterocycles. The third-order valence-electron chi connectivity index (χ3n) is 4.22. The van der Waals surface area contributed by atoms with E-state index >= 15 is 0 Å². The Labute approximate surface area is 179 Å². The predicted octanol–water partition coefficient (Wildman–Crippen LogP) is 3.50. The van der Waals surface area contributed by atoms with Crippen LogP contribution in [0.25, 0.3) is 0 Å². The molecule has 0 aliphatic carbocycles. The quantitative estimate of drug-likeness (QED) is 0.542. The summed E-state index contributed by atoms with van der Waals surface area (Å²) in [4.78, 5) is 41.7. The Balaban J connectivity index is 1.38. The summed E-state index contributed by atoms with van der Waals surface area (Å²) in [6.07, 6.45) is 0.286. The molecule has 0 radical (unpaired) electrons. The van der Waals surface area contributed by atoms with Crippen molar-refractivity contribution in [1.82, 2.24) is 4.98 Å². The van der Waals surface area contributed by atoms with Gasteiger partial charge in [-0.05, 0) is 24.4 Å².